The minimum absolute atomic E-state index is 0.0675. The van der Waals surface area contributed by atoms with E-state index in [4.69, 9.17) is 0 Å². The van der Waals surface area contributed by atoms with Gasteiger partial charge in [0.25, 0.3) is 0 Å². The molecule has 2 aromatic carbocycles. The number of para-hydroxylation sites is 1. The van der Waals surface area contributed by atoms with Crippen LogP contribution in [0.25, 0.3) is 10.9 Å². The smallest absolute Gasteiger partial charge is 0.226 e. The lowest BCUT2D eigenvalue weighted by Gasteiger charge is -2.18. The van der Waals surface area contributed by atoms with E-state index in [1.807, 2.05) is 30.3 Å². The van der Waals surface area contributed by atoms with Gasteiger partial charge in [0.15, 0.2) is 0 Å². The van der Waals surface area contributed by atoms with E-state index in [2.05, 4.69) is 4.98 Å². The molecule has 0 atom stereocenters. The minimum Gasteiger partial charge on any atom is -0.313 e. The number of rotatable bonds is 6. The highest BCUT2D eigenvalue weighted by atomic mass is 32.2. The van der Waals surface area contributed by atoms with Crippen LogP contribution in [0.1, 0.15) is 12.8 Å². The van der Waals surface area contributed by atoms with Crippen molar-refractivity contribution in [2.45, 2.75) is 17.7 Å². The third-order valence-electron chi connectivity index (χ3n) is 3.96. The summed E-state index contributed by atoms with van der Waals surface area (Å²) in [6.07, 6.45) is 2.97. The third-order valence-corrected chi connectivity index (χ3v) is 5.06. The summed E-state index contributed by atoms with van der Waals surface area (Å²) in [7, 11) is 1.79. The van der Waals surface area contributed by atoms with E-state index in [0.717, 1.165) is 33.7 Å². The number of carbonyl (C=O) groups excluding carboxylic acids is 1. The predicted molar refractivity (Wildman–Crippen MR) is 102 cm³/mol. The topological polar surface area (TPSA) is 33.2 Å². The molecule has 0 unspecified atom stereocenters. The van der Waals surface area contributed by atoms with E-state index in [-0.39, 0.29) is 11.7 Å². The Morgan fingerprint density at radius 3 is 2.68 bits per heavy atom. The zero-order valence-corrected chi connectivity index (χ0v) is 14.8. The van der Waals surface area contributed by atoms with E-state index < -0.39 is 0 Å². The molecule has 0 radical (unpaired) electrons. The third kappa shape index (κ3) is 4.37. The molecule has 0 fully saturated rings. The molecule has 5 heteroatoms. The van der Waals surface area contributed by atoms with Crippen molar-refractivity contribution in [2.75, 3.05) is 17.7 Å². The molecule has 0 saturated heterocycles. The average Bonchev–Trinajstić information content (AvgIpc) is 2.65. The largest absolute Gasteiger partial charge is 0.313 e. The summed E-state index contributed by atoms with van der Waals surface area (Å²) in [4.78, 5) is 19.6. The normalized spacial score (nSPS) is 10.8. The molecule has 0 aliphatic rings. The number of hydrogen-bond acceptors (Lipinski definition) is 3. The first-order valence-corrected chi connectivity index (χ1v) is 9.12. The summed E-state index contributed by atoms with van der Waals surface area (Å²) >= 11 is 1.63. The molecular weight excluding hydrogens is 335 g/mol. The van der Waals surface area contributed by atoms with Crippen molar-refractivity contribution in [1.82, 2.24) is 4.98 Å². The van der Waals surface area contributed by atoms with Crippen LogP contribution in [0.4, 0.5) is 10.1 Å². The van der Waals surface area contributed by atoms with Crippen LogP contribution in [0.3, 0.4) is 0 Å². The maximum absolute atomic E-state index is 12.9. The highest BCUT2D eigenvalue weighted by Gasteiger charge is 2.13. The standard InChI is InChI=1S/C20H19FN2OS/c1-23(18-7-2-5-15-6-3-13-22-20(15)18)19(24)8-4-14-25-17-11-9-16(21)10-12-17/h2-3,5-7,9-13H,4,8,14H2,1H3. The Balaban J connectivity index is 1.56. The zero-order chi connectivity index (χ0) is 17.6. The van der Waals surface area contributed by atoms with Gasteiger partial charge in [0, 0.05) is 29.9 Å². The second kappa shape index (κ2) is 8.12. The van der Waals surface area contributed by atoms with Crippen molar-refractivity contribution in [1.29, 1.82) is 0 Å². The molecule has 0 bridgehead atoms. The van der Waals surface area contributed by atoms with Crippen LogP contribution in [-0.2, 0) is 4.79 Å². The summed E-state index contributed by atoms with van der Waals surface area (Å²) in [6, 6.07) is 16.1. The van der Waals surface area contributed by atoms with Gasteiger partial charge in [-0.3, -0.25) is 9.78 Å². The Hall–Kier alpha value is -2.40. The summed E-state index contributed by atoms with van der Waals surface area (Å²) in [5.41, 5.74) is 1.66. The molecule has 0 aliphatic carbocycles. The van der Waals surface area contributed by atoms with Crippen LogP contribution in [-0.4, -0.2) is 23.7 Å². The summed E-state index contributed by atoms with van der Waals surface area (Å²) in [5, 5.41) is 1.02. The average molecular weight is 354 g/mol. The van der Waals surface area contributed by atoms with E-state index in [1.165, 1.54) is 12.1 Å². The molecule has 0 aliphatic heterocycles. The second-order valence-electron chi connectivity index (χ2n) is 5.71. The van der Waals surface area contributed by atoms with Crippen LogP contribution >= 0.6 is 11.8 Å². The van der Waals surface area contributed by atoms with Crippen LogP contribution in [0, 0.1) is 5.82 Å². The first kappa shape index (κ1) is 17.4. The van der Waals surface area contributed by atoms with Crippen molar-refractivity contribution >= 4 is 34.3 Å². The van der Waals surface area contributed by atoms with E-state index in [1.54, 1.807) is 42.0 Å². The fraction of sp³-hybridized carbons (Fsp3) is 0.200. The molecule has 0 saturated carbocycles. The van der Waals surface area contributed by atoms with E-state index in [0.29, 0.717) is 6.42 Å². The molecule has 1 aromatic heterocycles. The van der Waals surface area contributed by atoms with Gasteiger partial charge in [-0.05, 0) is 48.6 Å². The van der Waals surface area contributed by atoms with Crippen LogP contribution in [0.2, 0.25) is 0 Å². The van der Waals surface area contributed by atoms with Crippen molar-refractivity contribution < 1.29 is 9.18 Å². The van der Waals surface area contributed by atoms with Gasteiger partial charge in [-0.15, -0.1) is 11.8 Å². The Morgan fingerprint density at radius 2 is 1.88 bits per heavy atom. The van der Waals surface area contributed by atoms with Gasteiger partial charge >= 0.3 is 0 Å². The van der Waals surface area contributed by atoms with Gasteiger partial charge < -0.3 is 4.90 Å². The van der Waals surface area contributed by atoms with E-state index in [9.17, 15) is 9.18 Å². The SMILES string of the molecule is CN(C(=O)CCCSc1ccc(F)cc1)c1cccc2cccnc12. The number of fused-ring (bicyclic) bond motifs is 1. The molecule has 1 heterocycles. The number of amides is 1. The van der Waals surface area contributed by atoms with E-state index >= 15 is 0 Å². The van der Waals surface area contributed by atoms with Crippen molar-refractivity contribution in [3.63, 3.8) is 0 Å². The van der Waals surface area contributed by atoms with Gasteiger partial charge in [0.2, 0.25) is 5.91 Å². The van der Waals surface area contributed by atoms with Crippen LogP contribution in [0.15, 0.2) is 65.7 Å². The molecule has 3 rings (SSSR count). The van der Waals surface area contributed by atoms with Crippen LogP contribution in [0.5, 0.6) is 0 Å². The highest BCUT2D eigenvalue weighted by Crippen LogP contribution is 2.25. The fourth-order valence-corrected chi connectivity index (χ4v) is 3.46. The second-order valence-corrected chi connectivity index (χ2v) is 6.88. The maximum Gasteiger partial charge on any atom is 0.226 e. The first-order chi connectivity index (χ1) is 12.1. The monoisotopic (exact) mass is 354 g/mol. The molecular formula is C20H19FN2OS. The molecule has 3 nitrogen and oxygen atoms in total. The predicted octanol–water partition coefficient (Wildman–Crippen LogP) is 4.91. The molecule has 25 heavy (non-hydrogen) atoms. The Bertz CT molecular complexity index is 862. The van der Waals surface area contributed by atoms with Gasteiger partial charge in [0.05, 0.1) is 11.2 Å². The number of aromatic nitrogens is 1. The Kier molecular flexibility index (Phi) is 5.66. The summed E-state index contributed by atoms with van der Waals surface area (Å²) in [5.74, 6) is 0.654. The number of benzene rings is 2. The number of hydrogen-bond donors (Lipinski definition) is 0. The van der Waals surface area contributed by atoms with Gasteiger partial charge in [-0.2, -0.15) is 0 Å². The molecule has 3 aromatic rings. The zero-order valence-electron chi connectivity index (χ0n) is 14.0. The lowest BCUT2D eigenvalue weighted by atomic mass is 10.1. The fourth-order valence-electron chi connectivity index (χ4n) is 2.61. The Labute approximate surface area is 150 Å². The lowest BCUT2D eigenvalue weighted by molar-refractivity contribution is -0.118. The molecule has 1 amide bonds. The Morgan fingerprint density at radius 1 is 1.12 bits per heavy atom. The van der Waals surface area contributed by atoms with Crippen molar-refractivity contribution in [2.24, 2.45) is 0 Å². The number of carbonyl (C=O) groups is 1. The van der Waals surface area contributed by atoms with Gasteiger partial charge in [-0.25, -0.2) is 4.39 Å². The number of pyridine rings is 1. The number of nitrogens with zero attached hydrogens (tertiary/aromatic N) is 2. The minimum atomic E-state index is -0.232. The van der Waals surface area contributed by atoms with Crippen LogP contribution < -0.4 is 4.90 Å². The van der Waals surface area contributed by atoms with Gasteiger partial charge in [0.1, 0.15) is 5.82 Å². The number of thioether (sulfide) groups is 1. The molecule has 0 spiro atoms. The van der Waals surface area contributed by atoms with Gasteiger partial charge in [-0.1, -0.05) is 18.2 Å². The van der Waals surface area contributed by atoms with Crippen molar-refractivity contribution in [3.05, 3.63) is 66.6 Å². The highest BCUT2D eigenvalue weighted by molar-refractivity contribution is 7.99. The summed E-state index contributed by atoms with van der Waals surface area (Å²) in [6.45, 7) is 0. The quantitative estimate of drug-likeness (QED) is 0.466. The number of halogens is 1. The first-order valence-electron chi connectivity index (χ1n) is 8.14. The van der Waals surface area contributed by atoms with Crippen molar-refractivity contribution in [3.8, 4) is 0 Å². The number of anilines is 1. The molecule has 0 N–H and O–H groups in total. The lowest BCUT2D eigenvalue weighted by Crippen LogP contribution is -2.26. The maximum atomic E-state index is 12.9. The summed E-state index contributed by atoms with van der Waals surface area (Å²) < 4.78 is 12.9. The molecule has 128 valence electrons.